The summed E-state index contributed by atoms with van der Waals surface area (Å²) in [6.07, 6.45) is 10.9. The van der Waals surface area contributed by atoms with Gasteiger partial charge in [0.1, 0.15) is 0 Å². The maximum Gasteiger partial charge on any atom is 0.0282 e. The molecule has 0 radical (unpaired) electrons. The molecule has 0 aliphatic heterocycles. The van der Waals surface area contributed by atoms with Crippen LogP contribution in [0.1, 0.15) is 52.4 Å². The van der Waals surface area contributed by atoms with Gasteiger partial charge in [-0.05, 0) is 43.8 Å². The second kappa shape index (κ2) is 5.30. The van der Waals surface area contributed by atoms with Gasteiger partial charge in [-0.15, -0.1) is 0 Å². The van der Waals surface area contributed by atoms with Gasteiger partial charge in [-0.3, -0.25) is 0 Å². The lowest BCUT2D eigenvalue weighted by Gasteiger charge is -2.33. The van der Waals surface area contributed by atoms with Gasteiger partial charge in [0.15, 0.2) is 0 Å². The largest absolute Gasteiger partial charge is 0.313 e. The Kier molecular flexibility index (Phi) is 4.23. The normalized spacial score (nSPS) is 33.0. The summed E-state index contributed by atoms with van der Waals surface area (Å²) < 4.78 is 0.630. The first-order chi connectivity index (χ1) is 7.65. The van der Waals surface area contributed by atoms with Crippen LogP contribution in [-0.2, 0) is 0 Å². The number of hydrogen-bond donors (Lipinski definition) is 1. The molecule has 2 heteroatoms. The Morgan fingerprint density at radius 3 is 2.62 bits per heavy atom. The van der Waals surface area contributed by atoms with Gasteiger partial charge >= 0.3 is 0 Å². The van der Waals surface area contributed by atoms with E-state index < -0.39 is 0 Å². The highest BCUT2D eigenvalue weighted by Gasteiger charge is 2.42. The smallest absolute Gasteiger partial charge is 0.0282 e. The summed E-state index contributed by atoms with van der Waals surface area (Å²) in [7, 11) is 0. The molecular formula is C14H27NS. The predicted molar refractivity (Wildman–Crippen MR) is 74.1 cm³/mol. The van der Waals surface area contributed by atoms with E-state index in [4.69, 9.17) is 0 Å². The van der Waals surface area contributed by atoms with Crippen LogP contribution in [0.3, 0.4) is 0 Å². The molecule has 0 spiro atoms. The quantitative estimate of drug-likeness (QED) is 0.788. The van der Waals surface area contributed by atoms with Crippen molar-refractivity contribution in [3.8, 4) is 0 Å². The number of rotatable bonds is 5. The Morgan fingerprint density at radius 1 is 1.31 bits per heavy atom. The molecule has 0 heterocycles. The minimum absolute atomic E-state index is 0.630. The third-order valence-electron chi connectivity index (χ3n) is 4.61. The van der Waals surface area contributed by atoms with Crippen LogP contribution in [0.2, 0.25) is 0 Å². The fourth-order valence-electron chi connectivity index (χ4n) is 2.94. The summed E-state index contributed by atoms with van der Waals surface area (Å²) in [5.41, 5.74) is 0. The fraction of sp³-hybridized carbons (Fsp3) is 1.00. The zero-order valence-electron chi connectivity index (χ0n) is 11.1. The summed E-state index contributed by atoms with van der Waals surface area (Å²) >= 11 is 2.07. The average Bonchev–Trinajstić information content (AvgIpc) is 3.07. The number of nitrogens with one attached hydrogen (secondary N) is 1. The molecule has 2 aliphatic rings. The minimum Gasteiger partial charge on any atom is -0.313 e. The van der Waals surface area contributed by atoms with Crippen LogP contribution in [0, 0.1) is 11.8 Å². The molecule has 2 saturated carbocycles. The lowest BCUT2D eigenvalue weighted by molar-refractivity contribution is 0.231. The van der Waals surface area contributed by atoms with Crippen molar-refractivity contribution in [1.29, 1.82) is 0 Å². The van der Waals surface area contributed by atoms with Crippen LogP contribution >= 0.6 is 11.8 Å². The van der Waals surface area contributed by atoms with Crippen LogP contribution in [0.15, 0.2) is 0 Å². The van der Waals surface area contributed by atoms with E-state index in [1.54, 1.807) is 0 Å². The molecule has 0 amide bonds. The van der Waals surface area contributed by atoms with Gasteiger partial charge in [0.25, 0.3) is 0 Å². The first kappa shape index (κ1) is 12.8. The van der Waals surface area contributed by atoms with Crippen LogP contribution in [-0.4, -0.2) is 23.6 Å². The molecule has 0 bridgehead atoms. The third-order valence-corrected chi connectivity index (χ3v) is 6.03. The molecule has 2 unspecified atom stereocenters. The minimum atomic E-state index is 0.630. The van der Waals surface area contributed by atoms with E-state index >= 15 is 0 Å². The molecule has 2 rings (SSSR count). The van der Waals surface area contributed by atoms with Gasteiger partial charge in [-0.1, -0.05) is 26.7 Å². The zero-order chi connectivity index (χ0) is 11.6. The fourth-order valence-corrected chi connectivity index (χ4v) is 3.68. The van der Waals surface area contributed by atoms with Gasteiger partial charge in [-0.2, -0.15) is 11.8 Å². The van der Waals surface area contributed by atoms with Crippen molar-refractivity contribution < 1.29 is 0 Å². The van der Waals surface area contributed by atoms with Crippen molar-refractivity contribution in [3.05, 3.63) is 0 Å². The Balaban J connectivity index is 1.73. The maximum absolute atomic E-state index is 3.84. The second-order valence-corrected chi connectivity index (χ2v) is 7.41. The highest BCUT2D eigenvalue weighted by Crippen LogP contribution is 2.46. The molecule has 0 saturated heterocycles. The Morgan fingerprint density at radius 2 is 2.06 bits per heavy atom. The second-order valence-electron chi connectivity index (χ2n) is 6.14. The molecule has 2 atom stereocenters. The van der Waals surface area contributed by atoms with Crippen molar-refractivity contribution in [3.63, 3.8) is 0 Å². The van der Waals surface area contributed by atoms with E-state index in [1.165, 1.54) is 45.1 Å². The van der Waals surface area contributed by atoms with Crippen LogP contribution in [0.4, 0.5) is 0 Å². The van der Waals surface area contributed by atoms with Crippen molar-refractivity contribution in [2.75, 3.05) is 12.8 Å². The lowest BCUT2D eigenvalue weighted by Crippen LogP contribution is -2.39. The van der Waals surface area contributed by atoms with Crippen molar-refractivity contribution >= 4 is 11.8 Å². The molecular weight excluding hydrogens is 214 g/mol. The topological polar surface area (TPSA) is 12.0 Å². The van der Waals surface area contributed by atoms with E-state index in [0.717, 1.165) is 17.9 Å². The molecule has 1 N–H and O–H groups in total. The van der Waals surface area contributed by atoms with Gasteiger partial charge in [0, 0.05) is 17.3 Å². The van der Waals surface area contributed by atoms with E-state index in [9.17, 15) is 0 Å². The van der Waals surface area contributed by atoms with Crippen molar-refractivity contribution in [2.45, 2.75) is 63.2 Å². The number of thioether (sulfide) groups is 1. The van der Waals surface area contributed by atoms with Gasteiger partial charge in [-0.25, -0.2) is 0 Å². The van der Waals surface area contributed by atoms with Crippen molar-refractivity contribution in [1.82, 2.24) is 5.32 Å². The molecule has 16 heavy (non-hydrogen) atoms. The molecule has 2 aliphatic carbocycles. The standard InChI is InChI=1S/C14H27NS/c1-11(2)12-5-4-6-13(9-12)15-10-14(16-3)7-8-14/h11-13,15H,4-10H2,1-3H3. The first-order valence-electron chi connectivity index (χ1n) is 6.94. The Bertz CT molecular complexity index is 223. The molecule has 94 valence electrons. The highest BCUT2D eigenvalue weighted by molar-refractivity contribution is 8.00. The number of hydrogen-bond acceptors (Lipinski definition) is 2. The van der Waals surface area contributed by atoms with Gasteiger partial charge in [0.05, 0.1) is 0 Å². The SMILES string of the molecule is CSC1(CNC2CCCC(C(C)C)C2)CC1. The third kappa shape index (κ3) is 3.16. The molecule has 0 aromatic heterocycles. The molecule has 1 nitrogen and oxygen atoms in total. The van der Waals surface area contributed by atoms with Crippen molar-refractivity contribution in [2.24, 2.45) is 11.8 Å². The lowest BCUT2D eigenvalue weighted by atomic mass is 9.79. The summed E-state index contributed by atoms with van der Waals surface area (Å²) in [4.78, 5) is 0. The zero-order valence-corrected chi connectivity index (χ0v) is 11.9. The molecule has 2 fully saturated rings. The van der Waals surface area contributed by atoms with Crippen LogP contribution in [0.25, 0.3) is 0 Å². The molecule has 0 aromatic rings. The predicted octanol–water partition coefficient (Wildman–Crippen LogP) is 3.69. The molecule has 0 aromatic carbocycles. The Hall–Kier alpha value is 0.310. The first-order valence-corrected chi connectivity index (χ1v) is 8.16. The van der Waals surface area contributed by atoms with E-state index in [-0.39, 0.29) is 0 Å². The van der Waals surface area contributed by atoms with E-state index in [0.29, 0.717) is 4.75 Å². The van der Waals surface area contributed by atoms with Gasteiger partial charge < -0.3 is 5.32 Å². The summed E-state index contributed by atoms with van der Waals surface area (Å²) in [6, 6.07) is 0.811. The van der Waals surface area contributed by atoms with Crippen LogP contribution < -0.4 is 5.32 Å². The summed E-state index contributed by atoms with van der Waals surface area (Å²) in [5, 5.41) is 3.84. The monoisotopic (exact) mass is 241 g/mol. The summed E-state index contributed by atoms with van der Waals surface area (Å²) in [5.74, 6) is 1.84. The summed E-state index contributed by atoms with van der Waals surface area (Å²) in [6.45, 7) is 6.03. The van der Waals surface area contributed by atoms with E-state index in [2.05, 4.69) is 37.2 Å². The average molecular weight is 241 g/mol. The Labute approximate surface area is 105 Å². The van der Waals surface area contributed by atoms with Gasteiger partial charge in [0.2, 0.25) is 0 Å². The van der Waals surface area contributed by atoms with E-state index in [1.807, 2.05) is 0 Å². The van der Waals surface area contributed by atoms with Crippen LogP contribution in [0.5, 0.6) is 0 Å². The maximum atomic E-state index is 3.84. The highest BCUT2D eigenvalue weighted by atomic mass is 32.2.